The Morgan fingerprint density at radius 2 is 2.22 bits per heavy atom. The molecule has 0 saturated carbocycles. The fraction of sp³-hybridized carbons (Fsp3) is 0.688. The summed E-state index contributed by atoms with van der Waals surface area (Å²) in [5.41, 5.74) is 0. The summed E-state index contributed by atoms with van der Waals surface area (Å²) in [5.74, 6) is 1.32. The second kappa shape index (κ2) is 7.49. The summed E-state index contributed by atoms with van der Waals surface area (Å²) in [6.07, 6.45) is 2.73. The summed E-state index contributed by atoms with van der Waals surface area (Å²) < 4.78 is 31.7. The molecule has 2 atom stereocenters. The highest BCUT2D eigenvalue weighted by atomic mass is 32.2. The predicted molar refractivity (Wildman–Crippen MR) is 88.4 cm³/mol. The quantitative estimate of drug-likeness (QED) is 0.825. The largest absolute Gasteiger partial charge is 0.464 e. The Labute approximate surface area is 138 Å². The Hall–Kier alpha value is -1.34. The van der Waals surface area contributed by atoms with Crippen LogP contribution < -0.4 is 5.32 Å². The van der Waals surface area contributed by atoms with Crippen LogP contribution in [-0.2, 0) is 14.8 Å². The highest BCUT2D eigenvalue weighted by Crippen LogP contribution is 2.24. The van der Waals surface area contributed by atoms with Gasteiger partial charge in [0.25, 0.3) is 0 Å². The van der Waals surface area contributed by atoms with Crippen molar-refractivity contribution in [1.29, 1.82) is 0 Å². The topological polar surface area (TPSA) is 79.6 Å². The minimum absolute atomic E-state index is 0.111. The van der Waals surface area contributed by atoms with E-state index in [0.717, 1.165) is 18.6 Å². The molecule has 6 nitrogen and oxygen atoms in total. The molecular weight excluding hydrogens is 316 g/mol. The molecule has 0 bridgehead atoms. The van der Waals surface area contributed by atoms with Crippen molar-refractivity contribution >= 4 is 15.9 Å². The number of sulfonamides is 1. The molecule has 7 heteroatoms. The van der Waals surface area contributed by atoms with Crippen molar-refractivity contribution in [2.45, 2.75) is 58.5 Å². The van der Waals surface area contributed by atoms with Crippen LogP contribution in [0.15, 0.2) is 16.5 Å². The number of rotatable bonds is 7. The molecule has 1 saturated heterocycles. The molecule has 0 aromatic carbocycles. The molecule has 130 valence electrons. The number of amides is 1. The second-order valence-electron chi connectivity index (χ2n) is 6.12. The molecule has 1 fully saturated rings. The van der Waals surface area contributed by atoms with E-state index in [1.165, 1.54) is 4.31 Å². The van der Waals surface area contributed by atoms with E-state index in [1.807, 2.05) is 32.9 Å². The maximum absolute atomic E-state index is 12.5. The maximum Gasteiger partial charge on any atom is 0.239 e. The van der Waals surface area contributed by atoms with Crippen molar-refractivity contribution in [2.24, 2.45) is 0 Å². The number of unbranched alkanes of at least 4 members (excludes halogenated alkanes) is 1. The van der Waals surface area contributed by atoms with Crippen molar-refractivity contribution in [1.82, 2.24) is 9.62 Å². The average Bonchev–Trinajstić information content (AvgIpc) is 3.14. The Balaban J connectivity index is 2.03. The molecule has 1 aliphatic rings. The van der Waals surface area contributed by atoms with Gasteiger partial charge in [0.1, 0.15) is 17.6 Å². The first kappa shape index (κ1) is 18.0. The molecule has 1 amide bonds. The maximum atomic E-state index is 12.5. The minimum Gasteiger partial charge on any atom is -0.464 e. The molecule has 2 rings (SSSR count). The zero-order chi connectivity index (χ0) is 17.0. The van der Waals surface area contributed by atoms with E-state index in [2.05, 4.69) is 5.32 Å². The van der Waals surface area contributed by atoms with E-state index in [9.17, 15) is 13.2 Å². The molecule has 1 N–H and O–H groups in total. The Morgan fingerprint density at radius 1 is 1.48 bits per heavy atom. The number of hydrogen-bond donors (Lipinski definition) is 1. The van der Waals surface area contributed by atoms with Gasteiger partial charge in [0.15, 0.2) is 0 Å². The monoisotopic (exact) mass is 342 g/mol. The van der Waals surface area contributed by atoms with E-state index in [-0.39, 0.29) is 17.7 Å². The Bertz CT molecular complexity index is 638. The van der Waals surface area contributed by atoms with E-state index >= 15 is 0 Å². The van der Waals surface area contributed by atoms with Crippen molar-refractivity contribution in [3.8, 4) is 0 Å². The molecule has 0 unspecified atom stereocenters. The number of carbonyl (C=O) groups is 1. The van der Waals surface area contributed by atoms with Gasteiger partial charge in [-0.3, -0.25) is 4.79 Å². The lowest BCUT2D eigenvalue weighted by Gasteiger charge is -2.24. The fourth-order valence-electron chi connectivity index (χ4n) is 2.85. The third-order valence-electron chi connectivity index (χ3n) is 4.17. The number of nitrogens with zero attached hydrogens (tertiary/aromatic N) is 1. The first-order valence-corrected chi connectivity index (χ1v) is 9.82. The van der Waals surface area contributed by atoms with E-state index in [1.54, 1.807) is 0 Å². The van der Waals surface area contributed by atoms with Crippen LogP contribution in [-0.4, -0.2) is 37.0 Å². The van der Waals surface area contributed by atoms with Gasteiger partial charge in [-0.2, -0.15) is 4.31 Å². The molecule has 0 aliphatic carbocycles. The van der Waals surface area contributed by atoms with Crippen LogP contribution in [0.25, 0.3) is 0 Å². The van der Waals surface area contributed by atoms with Crippen LogP contribution in [0, 0.1) is 6.92 Å². The van der Waals surface area contributed by atoms with E-state index in [0.29, 0.717) is 25.1 Å². The molecule has 0 radical (unpaired) electrons. The van der Waals surface area contributed by atoms with Gasteiger partial charge in [-0.25, -0.2) is 8.42 Å². The smallest absolute Gasteiger partial charge is 0.239 e. The summed E-state index contributed by atoms with van der Waals surface area (Å²) >= 11 is 0. The highest BCUT2D eigenvalue weighted by molar-refractivity contribution is 7.89. The molecule has 23 heavy (non-hydrogen) atoms. The first-order valence-electron chi connectivity index (χ1n) is 8.21. The third-order valence-corrected chi connectivity index (χ3v) is 6.12. The van der Waals surface area contributed by atoms with Crippen LogP contribution >= 0.6 is 0 Å². The zero-order valence-electron chi connectivity index (χ0n) is 14.0. The molecule has 1 aromatic heterocycles. The first-order chi connectivity index (χ1) is 10.8. The minimum atomic E-state index is -3.36. The molecule has 1 aliphatic heterocycles. The van der Waals surface area contributed by atoms with Crippen molar-refractivity contribution in [3.63, 3.8) is 0 Å². The lowest BCUT2D eigenvalue weighted by atomic mass is 10.2. The van der Waals surface area contributed by atoms with Crippen LogP contribution in [0.2, 0.25) is 0 Å². The van der Waals surface area contributed by atoms with Gasteiger partial charge in [0.2, 0.25) is 15.9 Å². The van der Waals surface area contributed by atoms with Gasteiger partial charge in [0.05, 0.1) is 11.8 Å². The van der Waals surface area contributed by atoms with Crippen LogP contribution in [0.1, 0.15) is 57.1 Å². The van der Waals surface area contributed by atoms with E-state index in [4.69, 9.17) is 4.42 Å². The summed E-state index contributed by atoms with van der Waals surface area (Å²) in [7, 11) is -3.36. The van der Waals surface area contributed by atoms with Gasteiger partial charge >= 0.3 is 0 Å². The fourth-order valence-corrected chi connectivity index (χ4v) is 4.73. The van der Waals surface area contributed by atoms with Crippen molar-refractivity contribution in [2.75, 3.05) is 12.3 Å². The summed E-state index contributed by atoms with van der Waals surface area (Å²) in [5, 5.41) is 2.87. The van der Waals surface area contributed by atoms with Gasteiger partial charge in [0, 0.05) is 6.54 Å². The number of nitrogens with one attached hydrogen (secondary N) is 1. The Kier molecular flexibility index (Phi) is 5.86. The molecule has 0 spiro atoms. The van der Waals surface area contributed by atoms with Crippen LogP contribution in [0.5, 0.6) is 0 Å². The zero-order valence-corrected chi connectivity index (χ0v) is 14.9. The predicted octanol–water partition coefficient (Wildman–Crippen LogP) is 2.36. The van der Waals surface area contributed by atoms with Gasteiger partial charge < -0.3 is 9.73 Å². The lowest BCUT2D eigenvalue weighted by Crippen LogP contribution is -2.47. The van der Waals surface area contributed by atoms with Gasteiger partial charge in [-0.1, -0.05) is 13.3 Å². The van der Waals surface area contributed by atoms with Crippen molar-refractivity contribution in [3.05, 3.63) is 23.7 Å². The summed E-state index contributed by atoms with van der Waals surface area (Å²) in [6.45, 7) is 6.06. The summed E-state index contributed by atoms with van der Waals surface area (Å²) in [4.78, 5) is 12.5. The van der Waals surface area contributed by atoms with Gasteiger partial charge in [-0.15, -0.1) is 0 Å². The molecule has 1 aromatic rings. The average molecular weight is 342 g/mol. The molecule has 2 heterocycles. The van der Waals surface area contributed by atoms with Gasteiger partial charge in [-0.05, 0) is 45.2 Å². The number of hydrogen-bond acceptors (Lipinski definition) is 4. The second-order valence-corrected chi connectivity index (χ2v) is 8.16. The Morgan fingerprint density at radius 3 is 2.83 bits per heavy atom. The number of aryl methyl sites for hydroxylation is 1. The lowest BCUT2D eigenvalue weighted by molar-refractivity contribution is -0.125. The highest BCUT2D eigenvalue weighted by Gasteiger charge is 2.38. The van der Waals surface area contributed by atoms with Crippen LogP contribution in [0.4, 0.5) is 0 Å². The normalized spacial score (nSPS) is 20.6. The van der Waals surface area contributed by atoms with E-state index < -0.39 is 16.1 Å². The SMILES string of the molecule is CCCCS(=O)(=O)N1CCC[C@@H]1C(=O)N[C@@H](C)c1ccc(C)o1. The molecular formula is C16H26N2O4S. The van der Waals surface area contributed by atoms with Crippen LogP contribution in [0.3, 0.4) is 0 Å². The van der Waals surface area contributed by atoms with Crippen molar-refractivity contribution < 1.29 is 17.6 Å². The third kappa shape index (κ3) is 4.35. The number of furan rings is 1. The number of carbonyl (C=O) groups excluding carboxylic acids is 1. The summed E-state index contributed by atoms with van der Waals surface area (Å²) in [6, 6.07) is 2.78. The standard InChI is InChI=1S/C16H26N2O4S/c1-4-5-11-23(20,21)18-10-6-7-14(18)16(19)17-13(3)15-9-8-12(2)22-15/h8-9,13-14H,4-7,10-11H2,1-3H3,(H,17,19)/t13-,14+/m0/s1.